The highest BCUT2D eigenvalue weighted by atomic mass is 35.5. The van der Waals surface area contributed by atoms with E-state index in [1.807, 2.05) is 30.5 Å². The van der Waals surface area contributed by atoms with Crippen LogP contribution in [0.1, 0.15) is 10.5 Å². The Balaban J connectivity index is 1.84. The predicted molar refractivity (Wildman–Crippen MR) is 103 cm³/mol. The van der Waals surface area contributed by atoms with Crippen LogP contribution in [0.2, 0.25) is 5.15 Å². The van der Waals surface area contributed by atoms with Gasteiger partial charge < -0.3 is 19.7 Å². The van der Waals surface area contributed by atoms with Gasteiger partial charge in [0.2, 0.25) is 0 Å². The van der Waals surface area contributed by atoms with E-state index in [0.29, 0.717) is 10.8 Å². The van der Waals surface area contributed by atoms with Gasteiger partial charge >= 0.3 is 5.97 Å². The summed E-state index contributed by atoms with van der Waals surface area (Å²) in [6, 6.07) is 7.90. The van der Waals surface area contributed by atoms with Gasteiger partial charge in [0.25, 0.3) is 0 Å². The first-order valence-corrected chi connectivity index (χ1v) is 9.62. The van der Waals surface area contributed by atoms with Crippen LogP contribution in [0.5, 0.6) is 0 Å². The highest BCUT2D eigenvalue weighted by molar-refractivity contribution is 7.98. The summed E-state index contributed by atoms with van der Waals surface area (Å²) in [6.07, 6.45) is 1.84. The lowest BCUT2D eigenvalue weighted by molar-refractivity contribution is 0.0594. The van der Waals surface area contributed by atoms with Crippen LogP contribution >= 0.6 is 23.4 Å². The minimum atomic E-state index is -0.598. The van der Waals surface area contributed by atoms with Crippen LogP contribution < -0.4 is 10.2 Å². The number of carbonyl (C=O) groups is 1. The minimum Gasteiger partial charge on any atom is -0.464 e. The van der Waals surface area contributed by atoms with E-state index >= 15 is 0 Å². The molecular formula is C17H19ClN4O3S. The van der Waals surface area contributed by atoms with Gasteiger partial charge in [-0.1, -0.05) is 11.6 Å². The van der Waals surface area contributed by atoms with E-state index in [2.05, 4.69) is 20.2 Å². The van der Waals surface area contributed by atoms with E-state index < -0.39 is 5.97 Å². The second kappa shape index (κ2) is 8.57. The standard InChI is InChI=1S/C17H19ClN4O3S/c1-24-17(23)13-15(21-16(26-2)14(18)20-13)19-11-3-5-12(6-4-11)22-7-9-25-10-8-22/h3-6H,7-10H2,1-2H3,(H,19,21). The summed E-state index contributed by atoms with van der Waals surface area (Å²) in [7, 11) is 1.29. The molecule has 7 nitrogen and oxygen atoms in total. The van der Waals surface area contributed by atoms with Crippen molar-refractivity contribution in [1.29, 1.82) is 0 Å². The molecular weight excluding hydrogens is 376 g/mol. The lowest BCUT2D eigenvalue weighted by Gasteiger charge is -2.28. The van der Waals surface area contributed by atoms with E-state index in [0.717, 1.165) is 37.7 Å². The number of hydrogen-bond donors (Lipinski definition) is 1. The predicted octanol–water partition coefficient (Wildman–Crippen LogP) is 3.22. The van der Waals surface area contributed by atoms with E-state index in [1.165, 1.54) is 18.9 Å². The number of methoxy groups -OCH3 is 1. The SMILES string of the molecule is COC(=O)c1nc(Cl)c(SC)nc1Nc1ccc(N2CCOCC2)cc1. The number of halogens is 1. The number of nitrogens with zero attached hydrogens (tertiary/aromatic N) is 3. The molecule has 1 N–H and O–H groups in total. The van der Waals surface area contributed by atoms with E-state index in [1.54, 1.807) is 0 Å². The first kappa shape index (κ1) is 18.8. The van der Waals surface area contributed by atoms with Gasteiger partial charge in [-0.2, -0.15) is 0 Å². The smallest absolute Gasteiger partial charge is 0.360 e. The maximum absolute atomic E-state index is 12.0. The van der Waals surface area contributed by atoms with Crippen molar-refractivity contribution in [1.82, 2.24) is 9.97 Å². The molecule has 0 saturated carbocycles. The number of hydrogen-bond acceptors (Lipinski definition) is 8. The van der Waals surface area contributed by atoms with E-state index in [4.69, 9.17) is 21.1 Å². The zero-order valence-electron chi connectivity index (χ0n) is 14.5. The van der Waals surface area contributed by atoms with Crippen LogP contribution in [0.3, 0.4) is 0 Å². The summed E-state index contributed by atoms with van der Waals surface area (Å²) < 4.78 is 10.2. The third-order valence-corrected chi connectivity index (χ3v) is 4.95. The van der Waals surface area contributed by atoms with Crippen molar-refractivity contribution in [2.75, 3.05) is 49.9 Å². The maximum atomic E-state index is 12.0. The normalized spacial score (nSPS) is 14.2. The van der Waals surface area contributed by atoms with Crippen molar-refractivity contribution >= 4 is 46.5 Å². The summed E-state index contributed by atoms with van der Waals surface area (Å²) >= 11 is 7.42. The number of anilines is 3. The van der Waals surface area contributed by atoms with E-state index in [9.17, 15) is 4.79 Å². The Morgan fingerprint density at radius 1 is 1.27 bits per heavy atom. The van der Waals surface area contributed by atoms with Gasteiger partial charge in [-0.15, -0.1) is 11.8 Å². The number of carbonyl (C=O) groups excluding carboxylic acids is 1. The molecule has 1 aromatic heterocycles. The number of ether oxygens (including phenoxy) is 2. The first-order chi connectivity index (χ1) is 12.6. The topological polar surface area (TPSA) is 76.6 Å². The molecule has 0 bridgehead atoms. The molecule has 0 atom stereocenters. The number of esters is 1. The Morgan fingerprint density at radius 3 is 2.58 bits per heavy atom. The Labute approximate surface area is 161 Å². The molecule has 9 heteroatoms. The number of thioether (sulfide) groups is 1. The molecule has 0 unspecified atom stereocenters. The molecule has 0 aliphatic carbocycles. The van der Waals surface area contributed by atoms with E-state index in [-0.39, 0.29) is 10.8 Å². The van der Waals surface area contributed by atoms with Crippen molar-refractivity contribution in [2.24, 2.45) is 0 Å². The maximum Gasteiger partial charge on any atom is 0.360 e. The Hall–Kier alpha value is -2.03. The average molecular weight is 395 g/mol. The van der Waals surface area contributed by atoms with Gasteiger partial charge in [-0.25, -0.2) is 14.8 Å². The zero-order chi connectivity index (χ0) is 18.5. The third kappa shape index (κ3) is 4.20. The van der Waals surface area contributed by atoms with Crippen LogP contribution in [-0.4, -0.2) is 55.6 Å². The first-order valence-electron chi connectivity index (χ1n) is 8.02. The quantitative estimate of drug-likeness (QED) is 0.612. The molecule has 1 aliphatic rings. The Kier molecular flexibility index (Phi) is 6.18. The van der Waals surface area contributed by atoms with Crippen molar-refractivity contribution in [3.8, 4) is 0 Å². The second-order valence-corrected chi connectivity index (χ2v) is 6.64. The number of morpholine rings is 1. The van der Waals surface area contributed by atoms with Gasteiger partial charge in [0.15, 0.2) is 16.7 Å². The summed E-state index contributed by atoms with van der Waals surface area (Å²) in [5.41, 5.74) is 1.96. The molecule has 1 aromatic carbocycles. The van der Waals surface area contributed by atoms with Crippen LogP contribution in [0.4, 0.5) is 17.2 Å². The van der Waals surface area contributed by atoms with Crippen LogP contribution in [0.15, 0.2) is 29.3 Å². The molecule has 1 saturated heterocycles. The van der Waals surface area contributed by atoms with Gasteiger partial charge in [-0.05, 0) is 30.5 Å². The number of benzene rings is 1. The molecule has 1 aliphatic heterocycles. The van der Waals surface area contributed by atoms with Gasteiger partial charge in [0, 0.05) is 24.5 Å². The van der Waals surface area contributed by atoms with Gasteiger partial charge in [0.1, 0.15) is 5.03 Å². The third-order valence-electron chi connectivity index (χ3n) is 3.90. The summed E-state index contributed by atoms with van der Waals surface area (Å²) in [4.78, 5) is 22.8. The fourth-order valence-corrected chi connectivity index (χ4v) is 3.32. The average Bonchev–Trinajstić information content (AvgIpc) is 2.69. The van der Waals surface area contributed by atoms with Crippen LogP contribution in [0.25, 0.3) is 0 Å². The highest BCUT2D eigenvalue weighted by Gasteiger charge is 2.19. The summed E-state index contributed by atoms with van der Waals surface area (Å²) in [5.74, 6) is -0.288. The van der Waals surface area contributed by atoms with Crippen molar-refractivity contribution in [3.05, 3.63) is 35.1 Å². The Morgan fingerprint density at radius 2 is 1.96 bits per heavy atom. The summed E-state index contributed by atoms with van der Waals surface area (Å²) in [6.45, 7) is 3.22. The fourth-order valence-electron chi connectivity index (χ4n) is 2.57. The lowest BCUT2D eigenvalue weighted by Crippen LogP contribution is -2.36. The Bertz CT molecular complexity index is 782. The zero-order valence-corrected chi connectivity index (χ0v) is 16.1. The van der Waals surface area contributed by atoms with Gasteiger partial charge in [-0.3, -0.25) is 0 Å². The largest absolute Gasteiger partial charge is 0.464 e. The van der Waals surface area contributed by atoms with Crippen molar-refractivity contribution in [3.63, 3.8) is 0 Å². The molecule has 0 spiro atoms. The molecule has 26 heavy (non-hydrogen) atoms. The van der Waals surface area contributed by atoms with Crippen LogP contribution in [-0.2, 0) is 9.47 Å². The van der Waals surface area contributed by atoms with Crippen molar-refractivity contribution < 1.29 is 14.3 Å². The summed E-state index contributed by atoms with van der Waals surface area (Å²) in [5, 5.41) is 3.84. The van der Waals surface area contributed by atoms with Crippen LogP contribution in [0, 0.1) is 0 Å². The molecule has 0 amide bonds. The number of aromatic nitrogens is 2. The highest BCUT2D eigenvalue weighted by Crippen LogP contribution is 2.28. The molecule has 3 rings (SSSR count). The molecule has 2 aromatic rings. The monoisotopic (exact) mass is 394 g/mol. The lowest BCUT2D eigenvalue weighted by atomic mass is 10.2. The van der Waals surface area contributed by atoms with Crippen molar-refractivity contribution in [2.45, 2.75) is 5.03 Å². The second-order valence-electron chi connectivity index (χ2n) is 5.48. The number of nitrogens with one attached hydrogen (secondary N) is 1. The minimum absolute atomic E-state index is 0.0487. The number of rotatable bonds is 5. The molecule has 2 heterocycles. The molecule has 138 valence electrons. The molecule has 0 radical (unpaired) electrons. The van der Waals surface area contributed by atoms with Gasteiger partial charge in [0.05, 0.1) is 20.3 Å². The fraction of sp³-hybridized carbons (Fsp3) is 0.353. The molecule has 1 fully saturated rings.